The molecule has 41 heteroatoms. The summed E-state index contributed by atoms with van der Waals surface area (Å²) in [5.74, 6) is -7.57. The lowest BCUT2D eigenvalue weighted by atomic mass is 9.95. The molecule has 8 rings (SSSR count). The van der Waals surface area contributed by atoms with Crippen LogP contribution in [0.4, 0.5) is 43.9 Å². The van der Waals surface area contributed by atoms with Crippen molar-refractivity contribution in [1.82, 2.24) is 13.7 Å². The monoisotopic (exact) mass is 1960 g/mol. The van der Waals surface area contributed by atoms with E-state index in [1.807, 2.05) is 80.5 Å². The predicted molar refractivity (Wildman–Crippen MR) is 497 cm³/mol. The minimum atomic E-state index is -3.59. The zero-order valence-corrected chi connectivity index (χ0v) is 82.0. The van der Waals surface area contributed by atoms with Gasteiger partial charge >= 0.3 is 0 Å². The van der Waals surface area contributed by atoms with E-state index in [0.717, 1.165) is 77.2 Å². The number of carbonyl (C=O) groups excluding carboxylic acids is 2. The summed E-state index contributed by atoms with van der Waals surface area (Å²) in [4.78, 5) is 24.9. The molecule has 128 heavy (non-hydrogen) atoms. The van der Waals surface area contributed by atoms with Gasteiger partial charge < -0.3 is 20.9 Å². The molecule has 1 amide bonds. The molecule has 0 unspecified atom stereocenters. The van der Waals surface area contributed by atoms with Gasteiger partial charge in [-0.3, -0.25) is 14.7 Å². The number of nitrogens with two attached hydrogens (primary N) is 3. The SMILES string of the molecule is CC(=N[S@](=O)C(C)(C)C)c1ccc(F)cc1F.CC(=N[S@](=O)C(C)(C)C)c1ccc(F)cc1F.CC(=O)c1ccc(F)cc1F.CC(C)(C)[S@](N)=O.CCS(=O)(=O)C[C@](C)(N[S@](=O)C(C)(C)C)c1ccc(F)cc1F.CNS(=O)(=O)C[C@](C)(N)c1ccc(F)cc1F.COc1ccc(CN(C)S(C)(=O)=O)cc1.COc1ccc(CN)cc1.O=C(N=C=S)c1ccccc1. The Labute approximate surface area is 761 Å². The van der Waals surface area contributed by atoms with Gasteiger partial charge in [-0.05, 0) is 233 Å². The molecule has 0 aliphatic rings. The van der Waals surface area contributed by atoms with Crippen LogP contribution < -0.4 is 35.5 Å². The van der Waals surface area contributed by atoms with Crippen LogP contribution in [0.2, 0.25) is 0 Å². The molecule has 23 nitrogen and oxygen atoms in total. The zero-order valence-electron chi connectivity index (χ0n) is 75.5. The van der Waals surface area contributed by atoms with Gasteiger partial charge in [0.1, 0.15) is 91.6 Å². The first kappa shape index (κ1) is 119. The van der Waals surface area contributed by atoms with E-state index in [1.54, 1.807) is 122 Å². The van der Waals surface area contributed by atoms with Gasteiger partial charge in [-0.2, -0.15) is 13.8 Å². The summed E-state index contributed by atoms with van der Waals surface area (Å²) in [7, 11) is -9.88. The number of aliphatic imine (C=N–C) groups is 1. The van der Waals surface area contributed by atoms with Crippen LogP contribution in [0.15, 0.2) is 184 Å². The second-order valence-corrected chi connectivity index (χ2v) is 46.0. The number of thiocarbonyl (C=S) groups is 1. The van der Waals surface area contributed by atoms with Gasteiger partial charge in [0.15, 0.2) is 15.6 Å². The number of benzene rings is 8. The van der Waals surface area contributed by atoms with Crippen molar-refractivity contribution < 1.29 is 105 Å². The van der Waals surface area contributed by atoms with Crippen LogP contribution in [0.3, 0.4) is 0 Å². The number of ketones is 1. The molecule has 0 aliphatic carbocycles. The number of hydrogen-bond donors (Lipinski definition) is 5. The summed E-state index contributed by atoms with van der Waals surface area (Å²) in [5.41, 5.74) is 11.7. The van der Waals surface area contributed by atoms with Gasteiger partial charge in [0.25, 0.3) is 5.91 Å². The number of amides is 1. The van der Waals surface area contributed by atoms with Crippen molar-refractivity contribution in [3.63, 3.8) is 0 Å². The maximum atomic E-state index is 14.2. The Morgan fingerprint density at radius 2 is 0.859 bits per heavy atom. The van der Waals surface area contributed by atoms with E-state index >= 15 is 0 Å². The zero-order chi connectivity index (χ0) is 99.2. The number of nitrogens with one attached hydrogen (secondary N) is 2. The van der Waals surface area contributed by atoms with Gasteiger partial charge in [0.05, 0.1) is 106 Å². The number of hydrogen-bond acceptors (Lipinski definition) is 17. The summed E-state index contributed by atoms with van der Waals surface area (Å²) in [6, 6.07) is 38.9. The van der Waals surface area contributed by atoms with E-state index in [-0.39, 0.29) is 44.2 Å². The number of rotatable bonds is 22. The van der Waals surface area contributed by atoms with Crippen molar-refractivity contribution in [2.45, 2.75) is 168 Å². The molecule has 8 aromatic carbocycles. The van der Waals surface area contributed by atoms with Crippen molar-refractivity contribution in [2.24, 2.45) is 30.4 Å². The van der Waals surface area contributed by atoms with E-state index in [2.05, 4.69) is 35.4 Å². The molecule has 710 valence electrons. The maximum absolute atomic E-state index is 14.2. The van der Waals surface area contributed by atoms with Crippen LogP contribution >= 0.6 is 12.2 Å². The van der Waals surface area contributed by atoms with Crippen LogP contribution in [-0.2, 0) is 98.0 Å². The summed E-state index contributed by atoms with van der Waals surface area (Å²) < 4.78 is 268. The second-order valence-electron chi connectivity index (χ2n) is 31.8. The van der Waals surface area contributed by atoms with Gasteiger partial charge in [0.2, 0.25) is 20.0 Å². The Balaban J connectivity index is 0.00000144. The highest BCUT2D eigenvalue weighted by molar-refractivity contribution is 7.91. The summed E-state index contributed by atoms with van der Waals surface area (Å²) >= 11 is 4.29. The number of sulfone groups is 1. The highest BCUT2D eigenvalue weighted by Crippen LogP contribution is 2.30. The van der Waals surface area contributed by atoms with Crippen LogP contribution in [0.5, 0.6) is 11.5 Å². The summed E-state index contributed by atoms with van der Waals surface area (Å²) in [6.07, 6.45) is 1.19. The Morgan fingerprint density at radius 1 is 0.508 bits per heavy atom. The fourth-order valence-corrected chi connectivity index (χ4v) is 14.1. The van der Waals surface area contributed by atoms with Crippen molar-refractivity contribution in [2.75, 3.05) is 51.8 Å². The number of isothiocyanates is 1. The average Bonchev–Trinajstić information content (AvgIpc) is 0.784. The number of sulfonamides is 2. The van der Waals surface area contributed by atoms with Crippen LogP contribution in [0.25, 0.3) is 0 Å². The van der Waals surface area contributed by atoms with Gasteiger partial charge in [0, 0.05) is 84.0 Å². The lowest BCUT2D eigenvalue weighted by Gasteiger charge is -2.33. The Morgan fingerprint density at radius 3 is 1.16 bits per heavy atom. The molecule has 8 N–H and O–H groups in total. The molecule has 0 fully saturated rings. The van der Waals surface area contributed by atoms with Gasteiger partial charge in [-0.15, -0.1) is 0 Å². The standard InChI is InChI=1S/C15H23F2NO3S2.2C12H15F2NOS.C10H14F2N2O2S.C10H15NO3S.C8H6F2O.C8H5NOS.C8H11NO.C4H11NOS/c1-6-23(20,21)10-15(5,18-22(19)14(2,3)4)12-8-7-11(16)9-13(12)17;2*1-8(15-17(16)12(2,3)4)10-6-5-9(13)7-11(10)14;1-10(13,6-17(15,16)14-2)8-4-3-7(11)5-9(8)12;1-11(15(3,12)13)8-9-4-6-10(14-2)7-5-9;1-5(11)7-3-2-6(9)4-8(7)10;10-8(9-6-11)7-4-2-1-3-5-7;1-10-8-4-2-7(6-9)3-5-8;1-4(2,3)7(5)6/h7-9,18H,6,10H2,1-5H3;2*5-7H,1-4H3;3-5,14H,6,13H2,1-2H3;4-7H,8H2,1-3H3;2-4H,1H3;1-5H;2-5H,6,9H2,1H3;5H2,1-3H3/t15-,22+;2*17-;10-;;;;;7-/m0110....1/s1. The van der Waals surface area contributed by atoms with Crippen molar-refractivity contribution in [3.05, 3.63) is 273 Å². The first-order valence-electron chi connectivity index (χ1n) is 38.1. The molecule has 8 aromatic rings. The highest BCUT2D eigenvalue weighted by Gasteiger charge is 2.39. The molecule has 0 radical (unpaired) electrons. The first-order valence-corrected chi connectivity index (χ1v) is 48.5. The largest absolute Gasteiger partial charge is 0.497 e. The van der Waals surface area contributed by atoms with E-state index in [0.29, 0.717) is 48.3 Å². The van der Waals surface area contributed by atoms with Crippen LogP contribution in [0.1, 0.15) is 179 Å². The second kappa shape index (κ2) is 54.2. The van der Waals surface area contributed by atoms with Crippen molar-refractivity contribution >= 4 is 114 Å². The minimum absolute atomic E-state index is 0.0338. The lowest BCUT2D eigenvalue weighted by Crippen LogP contribution is -2.50. The third-order valence-electron chi connectivity index (χ3n) is 16.4. The normalized spacial score (nSPS) is 13.6. The molecule has 6 atom stereocenters. The molecular formula is C87H115F10N9O14S8. The predicted octanol–water partition coefficient (Wildman–Crippen LogP) is 16.6. The number of methoxy groups -OCH3 is 2. The number of ether oxygens (including phenoxy) is 2. The molecular weight excluding hydrogens is 1840 g/mol. The van der Waals surface area contributed by atoms with E-state index < -0.39 is 175 Å². The average molecular weight is 1960 g/mol. The molecule has 0 aromatic heterocycles. The van der Waals surface area contributed by atoms with Crippen LogP contribution in [-0.4, -0.2) is 145 Å². The topological polar surface area (TPSA) is 366 Å². The quantitative estimate of drug-likeness (QED) is 0.0182. The van der Waals surface area contributed by atoms with Crippen molar-refractivity contribution in [3.8, 4) is 11.5 Å². The number of carbonyl (C=O) groups is 2. The number of Topliss-reactive ketones (excluding diaryl/α,β-unsaturated/α-hetero) is 1. The molecule has 0 saturated heterocycles. The third kappa shape index (κ3) is 45.7. The first-order chi connectivity index (χ1) is 58.6. The number of halogens is 10. The molecule has 0 bridgehead atoms. The van der Waals surface area contributed by atoms with Crippen LogP contribution in [0, 0.1) is 58.2 Å². The van der Waals surface area contributed by atoms with Crippen molar-refractivity contribution in [1.29, 1.82) is 0 Å². The summed E-state index contributed by atoms with van der Waals surface area (Å²) in [6.45, 7) is 30.9. The molecule has 0 spiro atoms. The Bertz CT molecular complexity index is 5430. The minimum Gasteiger partial charge on any atom is -0.497 e. The fraction of sp³-hybridized carbons (Fsp3) is 0.391. The summed E-state index contributed by atoms with van der Waals surface area (Å²) in [5, 5.41) is 7.07. The Hall–Kier alpha value is -8.65. The molecule has 0 saturated carbocycles. The lowest BCUT2D eigenvalue weighted by molar-refractivity contribution is 0.0997. The van der Waals surface area contributed by atoms with E-state index in [1.165, 1.54) is 63.5 Å². The smallest absolute Gasteiger partial charge is 0.285 e. The number of nitrogens with zero attached hydrogens (tertiary/aromatic N) is 4. The third-order valence-corrected chi connectivity index (χ3v) is 27.2. The van der Waals surface area contributed by atoms with E-state index in [9.17, 15) is 95.6 Å². The van der Waals surface area contributed by atoms with E-state index in [4.69, 9.17) is 26.1 Å². The molecule has 0 heterocycles. The Kier molecular flexibility index (Phi) is 50.6. The molecule has 0 aliphatic heterocycles. The fourth-order valence-electron chi connectivity index (χ4n) is 9.01. The maximum Gasteiger partial charge on any atom is 0.285 e. The van der Waals surface area contributed by atoms with Gasteiger partial charge in [-0.25, -0.2) is 99.7 Å². The highest BCUT2D eigenvalue weighted by atomic mass is 32.2. The van der Waals surface area contributed by atoms with Gasteiger partial charge in [-0.1, -0.05) is 61.5 Å².